The topological polar surface area (TPSA) is 46.2 Å². The Morgan fingerprint density at radius 3 is 2.71 bits per heavy atom. The van der Waals surface area contributed by atoms with E-state index in [0.717, 1.165) is 12.8 Å². The van der Waals surface area contributed by atoms with Crippen LogP contribution in [0.3, 0.4) is 0 Å². The van der Waals surface area contributed by atoms with Crippen molar-refractivity contribution in [2.45, 2.75) is 31.3 Å². The molecular weight excluding hydrogens is 309 g/mol. The molecule has 0 bridgehead atoms. The van der Waals surface area contributed by atoms with E-state index < -0.39 is 17.8 Å². The molecule has 114 valence electrons. The predicted octanol–water partition coefficient (Wildman–Crippen LogP) is 3.97. The molecule has 2 rings (SSSR count). The number of benzene rings is 1. The van der Waals surface area contributed by atoms with E-state index in [9.17, 15) is 9.50 Å². The van der Waals surface area contributed by atoms with Crippen LogP contribution in [0.2, 0.25) is 5.02 Å². The van der Waals surface area contributed by atoms with Crippen molar-refractivity contribution in [1.29, 1.82) is 0 Å². The lowest BCUT2D eigenvalue weighted by Crippen LogP contribution is -2.27. The number of halogens is 2. The van der Waals surface area contributed by atoms with Gasteiger partial charge in [0, 0.05) is 27.9 Å². The molecule has 0 saturated carbocycles. The second kappa shape index (κ2) is 7.90. The van der Waals surface area contributed by atoms with Crippen molar-refractivity contribution in [3.8, 4) is 0 Å². The molecule has 0 aliphatic rings. The van der Waals surface area contributed by atoms with Gasteiger partial charge in [0.25, 0.3) is 0 Å². The SMILES string of the molecule is NCC(c1c(F)cccc1Cl)C(O)CCCc1cccs1. The van der Waals surface area contributed by atoms with Gasteiger partial charge in [-0.15, -0.1) is 11.3 Å². The van der Waals surface area contributed by atoms with E-state index in [0.29, 0.717) is 17.0 Å². The number of hydrogen-bond donors (Lipinski definition) is 2. The number of hydrogen-bond acceptors (Lipinski definition) is 3. The number of aliphatic hydroxyl groups excluding tert-OH is 1. The monoisotopic (exact) mass is 327 g/mol. The molecule has 1 heterocycles. The Balaban J connectivity index is 1.99. The predicted molar refractivity (Wildman–Crippen MR) is 86.5 cm³/mol. The first kappa shape index (κ1) is 16.4. The van der Waals surface area contributed by atoms with E-state index in [2.05, 4.69) is 6.07 Å². The largest absolute Gasteiger partial charge is 0.392 e. The van der Waals surface area contributed by atoms with E-state index in [-0.39, 0.29) is 6.54 Å². The fourth-order valence-electron chi connectivity index (χ4n) is 2.47. The number of thiophene rings is 1. The quantitative estimate of drug-likeness (QED) is 0.808. The highest BCUT2D eigenvalue weighted by Gasteiger charge is 2.24. The smallest absolute Gasteiger partial charge is 0.128 e. The van der Waals surface area contributed by atoms with Gasteiger partial charge in [-0.25, -0.2) is 4.39 Å². The Labute approximate surface area is 133 Å². The van der Waals surface area contributed by atoms with Crippen LogP contribution in [-0.4, -0.2) is 17.8 Å². The van der Waals surface area contributed by atoms with E-state index in [1.165, 1.54) is 10.9 Å². The highest BCUT2D eigenvalue weighted by atomic mass is 35.5. The molecule has 0 aliphatic heterocycles. The van der Waals surface area contributed by atoms with Gasteiger partial charge in [-0.05, 0) is 42.8 Å². The first-order valence-corrected chi connectivity index (χ1v) is 8.23. The molecular formula is C16H19ClFNOS. The molecule has 0 aliphatic carbocycles. The average molecular weight is 328 g/mol. The van der Waals surface area contributed by atoms with Crippen molar-refractivity contribution >= 4 is 22.9 Å². The summed E-state index contributed by atoms with van der Waals surface area (Å²) in [6.07, 6.45) is 1.63. The van der Waals surface area contributed by atoms with Crippen LogP contribution in [0, 0.1) is 5.82 Å². The molecule has 5 heteroatoms. The minimum Gasteiger partial charge on any atom is -0.392 e. The third-order valence-electron chi connectivity index (χ3n) is 3.59. The Hall–Kier alpha value is -0.940. The van der Waals surface area contributed by atoms with Gasteiger partial charge < -0.3 is 10.8 Å². The van der Waals surface area contributed by atoms with Gasteiger partial charge in [-0.1, -0.05) is 23.7 Å². The lowest BCUT2D eigenvalue weighted by Gasteiger charge is -2.23. The Bertz CT molecular complexity index is 541. The molecule has 1 aromatic carbocycles. The zero-order valence-electron chi connectivity index (χ0n) is 11.6. The Morgan fingerprint density at radius 1 is 1.29 bits per heavy atom. The minimum absolute atomic E-state index is 0.167. The lowest BCUT2D eigenvalue weighted by atomic mass is 9.90. The van der Waals surface area contributed by atoms with Gasteiger partial charge in [-0.2, -0.15) is 0 Å². The summed E-state index contributed by atoms with van der Waals surface area (Å²) in [6, 6.07) is 8.62. The number of nitrogens with two attached hydrogens (primary N) is 1. The van der Waals surface area contributed by atoms with Crippen LogP contribution in [0.1, 0.15) is 29.2 Å². The van der Waals surface area contributed by atoms with Crippen molar-refractivity contribution in [2.24, 2.45) is 5.73 Å². The van der Waals surface area contributed by atoms with Gasteiger partial charge in [-0.3, -0.25) is 0 Å². The molecule has 0 radical (unpaired) electrons. The Morgan fingerprint density at radius 2 is 2.10 bits per heavy atom. The molecule has 0 saturated heterocycles. The molecule has 2 nitrogen and oxygen atoms in total. The maximum atomic E-state index is 13.9. The van der Waals surface area contributed by atoms with Crippen molar-refractivity contribution in [1.82, 2.24) is 0 Å². The van der Waals surface area contributed by atoms with Crippen LogP contribution in [0.15, 0.2) is 35.7 Å². The highest BCUT2D eigenvalue weighted by molar-refractivity contribution is 7.09. The van der Waals surface area contributed by atoms with Crippen LogP contribution in [-0.2, 0) is 6.42 Å². The second-order valence-corrected chi connectivity index (χ2v) is 6.46. The van der Waals surface area contributed by atoms with E-state index in [1.807, 2.05) is 11.4 Å². The van der Waals surface area contributed by atoms with Crippen molar-refractivity contribution in [3.05, 3.63) is 57.0 Å². The number of rotatable bonds is 7. The molecule has 3 N–H and O–H groups in total. The fourth-order valence-corrected chi connectivity index (χ4v) is 3.53. The molecule has 2 atom stereocenters. The first-order chi connectivity index (χ1) is 10.1. The summed E-state index contributed by atoms with van der Waals surface area (Å²) in [5, 5.41) is 12.7. The second-order valence-electron chi connectivity index (χ2n) is 5.02. The van der Waals surface area contributed by atoms with Crippen LogP contribution in [0.4, 0.5) is 4.39 Å². The zero-order chi connectivity index (χ0) is 15.2. The number of aryl methyl sites for hydroxylation is 1. The van der Waals surface area contributed by atoms with Gasteiger partial charge >= 0.3 is 0 Å². The summed E-state index contributed by atoms with van der Waals surface area (Å²) < 4.78 is 13.9. The van der Waals surface area contributed by atoms with Crippen molar-refractivity contribution in [2.75, 3.05) is 6.54 Å². The van der Waals surface area contributed by atoms with Crippen molar-refractivity contribution in [3.63, 3.8) is 0 Å². The summed E-state index contributed by atoms with van der Waals surface area (Å²) in [5.41, 5.74) is 6.05. The summed E-state index contributed by atoms with van der Waals surface area (Å²) in [7, 11) is 0. The van der Waals surface area contributed by atoms with E-state index in [1.54, 1.807) is 23.5 Å². The summed E-state index contributed by atoms with van der Waals surface area (Å²) in [5.74, 6) is -0.878. The molecule has 2 aromatic rings. The third kappa shape index (κ3) is 4.27. The number of aliphatic hydroxyl groups is 1. The standard InChI is InChI=1S/C16H19ClFNOS/c17-13-6-2-7-14(18)16(13)12(10-19)15(20)8-1-4-11-5-3-9-21-11/h2-3,5-7,9,12,15,20H,1,4,8,10,19H2. The van der Waals surface area contributed by atoms with Gasteiger partial charge in [0.2, 0.25) is 0 Å². The Kier molecular flexibility index (Phi) is 6.18. The lowest BCUT2D eigenvalue weighted by molar-refractivity contribution is 0.132. The maximum Gasteiger partial charge on any atom is 0.128 e. The van der Waals surface area contributed by atoms with Gasteiger partial charge in [0.1, 0.15) is 5.82 Å². The minimum atomic E-state index is -0.690. The summed E-state index contributed by atoms with van der Waals surface area (Å²) in [4.78, 5) is 1.29. The maximum absolute atomic E-state index is 13.9. The van der Waals surface area contributed by atoms with Crippen LogP contribution >= 0.6 is 22.9 Å². The van der Waals surface area contributed by atoms with E-state index in [4.69, 9.17) is 17.3 Å². The van der Waals surface area contributed by atoms with Crippen LogP contribution in [0.5, 0.6) is 0 Å². The molecule has 0 fully saturated rings. The van der Waals surface area contributed by atoms with E-state index >= 15 is 0 Å². The van der Waals surface area contributed by atoms with Crippen molar-refractivity contribution < 1.29 is 9.50 Å². The normalized spacial score (nSPS) is 14.1. The summed E-state index contributed by atoms with van der Waals surface area (Å²) in [6.45, 7) is 0.167. The molecule has 1 aromatic heterocycles. The third-order valence-corrected chi connectivity index (χ3v) is 4.86. The molecule has 21 heavy (non-hydrogen) atoms. The summed E-state index contributed by atoms with van der Waals surface area (Å²) >= 11 is 7.76. The molecule has 2 unspecified atom stereocenters. The molecule has 0 amide bonds. The first-order valence-electron chi connectivity index (χ1n) is 6.98. The van der Waals surface area contributed by atoms with Gasteiger partial charge in [0.15, 0.2) is 0 Å². The van der Waals surface area contributed by atoms with Crippen LogP contribution < -0.4 is 5.73 Å². The van der Waals surface area contributed by atoms with Crippen LogP contribution in [0.25, 0.3) is 0 Å². The highest BCUT2D eigenvalue weighted by Crippen LogP contribution is 2.31. The average Bonchev–Trinajstić information content (AvgIpc) is 2.96. The fraction of sp³-hybridized carbons (Fsp3) is 0.375. The zero-order valence-corrected chi connectivity index (χ0v) is 13.2. The molecule has 0 spiro atoms. The van der Waals surface area contributed by atoms with Gasteiger partial charge in [0.05, 0.1) is 6.10 Å².